The normalized spacial score (nSPS) is 10.1. The predicted octanol–water partition coefficient (Wildman–Crippen LogP) is 1.96. The first-order chi connectivity index (χ1) is 11.5. The van der Waals surface area contributed by atoms with Crippen LogP contribution in [0, 0.1) is 10.1 Å². The maximum Gasteiger partial charge on any atom is 0.338 e. The average molecular weight is 406 g/mol. The number of hydrogen-bond acceptors (Lipinski definition) is 8. The summed E-state index contributed by atoms with van der Waals surface area (Å²) in [6, 6.07) is 2.01. The molecule has 1 rings (SSSR count). The van der Waals surface area contributed by atoms with Crippen LogP contribution in [-0.2, 0) is 14.2 Å². The second-order valence-corrected chi connectivity index (χ2v) is 5.05. The highest BCUT2D eigenvalue weighted by molar-refractivity contribution is 9.09. The second-order valence-electron chi connectivity index (χ2n) is 4.26. The Morgan fingerprint density at radius 1 is 1.08 bits per heavy atom. The zero-order valence-corrected chi connectivity index (χ0v) is 14.7. The number of methoxy groups -OCH3 is 2. The van der Waals surface area contributed by atoms with E-state index in [0.29, 0.717) is 11.9 Å². The van der Waals surface area contributed by atoms with E-state index in [0.717, 1.165) is 26.4 Å². The van der Waals surface area contributed by atoms with Crippen molar-refractivity contribution in [1.82, 2.24) is 0 Å². The molecule has 0 amide bonds. The van der Waals surface area contributed by atoms with Crippen LogP contribution in [0.25, 0.3) is 0 Å². The molecule has 1 aromatic carbocycles. The van der Waals surface area contributed by atoms with Crippen LogP contribution in [0.5, 0.6) is 5.75 Å². The predicted molar refractivity (Wildman–Crippen MR) is 85.9 cm³/mol. The van der Waals surface area contributed by atoms with Gasteiger partial charge < -0.3 is 18.9 Å². The van der Waals surface area contributed by atoms with Crippen LogP contribution in [0.15, 0.2) is 12.1 Å². The Morgan fingerprint density at radius 2 is 1.67 bits per heavy atom. The highest BCUT2D eigenvalue weighted by Crippen LogP contribution is 2.31. The number of rotatable bonds is 9. The molecule has 0 atom stereocenters. The number of benzene rings is 1. The monoisotopic (exact) mass is 405 g/mol. The summed E-state index contributed by atoms with van der Waals surface area (Å²) in [6.45, 7) is 0.696. The van der Waals surface area contributed by atoms with Crippen molar-refractivity contribution < 1.29 is 33.5 Å². The van der Waals surface area contributed by atoms with E-state index in [1.54, 1.807) is 0 Å². The van der Waals surface area contributed by atoms with Gasteiger partial charge in [0.25, 0.3) is 0 Å². The van der Waals surface area contributed by atoms with E-state index in [1.807, 2.05) is 0 Å². The molecule has 10 heteroatoms. The Morgan fingerprint density at radius 3 is 2.17 bits per heavy atom. The van der Waals surface area contributed by atoms with Crippen LogP contribution in [0.3, 0.4) is 0 Å². The summed E-state index contributed by atoms with van der Waals surface area (Å²) in [7, 11) is 2.22. The van der Waals surface area contributed by atoms with Crippen molar-refractivity contribution in [2.24, 2.45) is 0 Å². The van der Waals surface area contributed by atoms with E-state index in [9.17, 15) is 19.7 Å². The molecular weight excluding hydrogens is 390 g/mol. The maximum atomic E-state index is 11.8. The fraction of sp³-hybridized carbons (Fsp3) is 0.429. The molecule has 0 fully saturated rings. The third kappa shape index (κ3) is 5.17. The molecule has 0 unspecified atom stereocenters. The summed E-state index contributed by atoms with van der Waals surface area (Å²) >= 11 is 3.19. The number of nitro benzene ring substituents is 1. The standard InChI is InChI=1S/C14H16BrNO8/c1-21-13(17)9-7-11(16(19)20)12(8-10(9)14(18)22-2)24-6-5-23-4-3-15/h7-8H,3-6H2,1-2H3. The molecule has 0 saturated carbocycles. The van der Waals surface area contributed by atoms with Crippen molar-refractivity contribution in [1.29, 1.82) is 0 Å². The molecule has 0 radical (unpaired) electrons. The van der Waals surface area contributed by atoms with Gasteiger partial charge in [0, 0.05) is 17.5 Å². The average Bonchev–Trinajstić information content (AvgIpc) is 2.59. The van der Waals surface area contributed by atoms with Gasteiger partial charge in [0.1, 0.15) is 6.61 Å². The number of carbonyl (C=O) groups excluding carboxylic acids is 2. The van der Waals surface area contributed by atoms with Crippen LogP contribution in [0.1, 0.15) is 20.7 Å². The zero-order valence-electron chi connectivity index (χ0n) is 13.1. The fourth-order valence-electron chi connectivity index (χ4n) is 1.75. The first-order valence-electron chi connectivity index (χ1n) is 6.71. The summed E-state index contributed by atoms with van der Waals surface area (Å²) in [5.74, 6) is -1.91. The van der Waals surface area contributed by atoms with E-state index in [-0.39, 0.29) is 30.1 Å². The molecule has 0 heterocycles. The van der Waals surface area contributed by atoms with Gasteiger partial charge in [0.2, 0.25) is 0 Å². The number of esters is 2. The van der Waals surface area contributed by atoms with E-state index in [1.165, 1.54) is 0 Å². The van der Waals surface area contributed by atoms with Crippen LogP contribution >= 0.6 is 15.9 Å². The fourth-order valence-corrected chi connectivity index (χ4v) is 1.98. The Kier molecular flexibility index (Phi) is 8.13. The summed E-state index contributed by atoms with van der Waals surface area (Å²) in [6.07, 6.45) is 0. The molecule has 132 valence electrons. The minimum atomic E-state index is -0.897. The van der Waals surface area contributed by atoms with Gasteiger partial charge in [0.05, 0.1) is 43.5 Å². The van der Waals surface area contributed by atoms with E-state index in [2.05, 4.69) is 25.4 Å². The van der Waals surface area contributed by atoms with Gasteiger partial charge >= 0.3 is 17.6 Å². The maximum absolute atomic E-state index is 11.8. The van der Waals surface area contributed by atoms with E-state index >= 15 is 0 Å². The minimum Gasteiger partial charge on any atom is -0.484 e. The number of ether oxygens (including phenoxy) is 4. The SMILES string of the molecule is COC(=O)c1cc(OCCOCCBr)c([N+](=O)[O-])cc1C(=O)OC. The van der Waals surface area contributed by atoms with Gasteiger partial charge in [-0.1, -0.05) is 15.9 Å². The highest BCUT2D eigenvalue weighted by atomic mass is 79.9. The third-order valence-electron chi connectivity index (χ3n) is 2.81. The quantitative estimate of drug-likeness (QED) is 0.201. The summed E-state index contributed by atoms with van der Waals surface area (Å²) < 4.78 is 19.6. The summed E-state index contributed by atoms with van der Waals surface area (Å²) in [5, 5.41) is 11.8. The van der Waals surface area contributed by atoms with Crippen LogP contribution in [0.2, 0.25) is 0 Å². The number of nitrogens with zero attached hydrogens (tertiary/aromatic N) is 1. The zero-order chi connectivity index (χ0) is 18.1. The molecule has 0 spiro atoms. The number of hydrogen-bond donors (Lipinski definition) is 0. The molecule has 0 saturated heterocycles. The van der Waals surface area contributed by atoms with Crippen LogP contribution in [0.4, 0.5) is 5.69 Å². The van der Waals surface area contributed by atoms with Gasteiger partial charge in [-0.25, -0.2) is 9.59 Å². The van der Waals surface area contributed by atoms with Crippen molar-refractivity contribution >= 4 is 33.6 Å². The Labute approximate surface area is 146 Å². The molecule has 1 aromatic rings. The van der Waals surface area contributed by atoms with Crippen molar-refractivity contribution in [2.75, 3.05) is 39.4 Å². The molecule has 0 aliphatic heterocycles. The Bertz CT molecular complexity index is 619. The number of alkyl halides is 1. The molecule has 0 bridgehead atoms. The molecule has 0 aromatic heterocycles. The Balaban J connectivity index is 3.18. The minimum absolute atomic E-state index is 0.0338. The smallest absolute Gasteiger partial charge is 0.338 e. The van der Waals surface area contributed by atoms with Gasteiger partial charge in [-0.05, 0) is 0 Å². The topological polar surface area (TPSA) is 114 Å². The number of nitro groups is 1. The molecule has 0 aliphatic rings. The van der Waals surface area contributed by atoms with Gasteiger partial charge in [-0.3, -0.25) is 10.1 Å². The van der Waals surface area contributed by atoms with E-state index < -0.39 is 22.5 Å². The third-order valence-corrected chi connectivity index (χ3v) is 3.14. The van der Waals surface area contributed by atoms with Crippen LogP contribution < -0.4 is 4.74 Å². The first kappa shape index (κ1) is 19.8. The summed E-state index contributed by atoms with van der Waals surface area (Å²) in [4.78, 5) is 34.0. The van der Waals surface area contributed by atoms with Crippen molar-refractivity contribution in [3.05, 3.63) is 33.4 Å². The largest absolute Gasteiger partial charge is 0.484 e. The lowest BCUT2D eigenvalue weighted by Crippen LogP contribution is -2.14. The van der Waals surface area contributed by atoms with Crippen LogP contribution in [-0.4, -0.2) is 56.2 Å². The summed E-state index contributed by atoms with van der Waals surface area (Å²) in [5.41, 5.74) is -0.936. The second kappa shape index (κ2) is 9.83. The molecular formula is C14H16BrNO8. The highest BCUT2D eigenvalue weighted by Gasteiger charge is 2.27. The van der Waals surface area contributed by atoms with Crippen molar-refractivity contribution in [2.45, 2.75) is 0 Å². The molecule has 24 heavy (non-hydrogen) atoms. The lowest BCUT2D eigenvalue weighted by Gasteiger charge is -2.11. The van der Waals surface area contributed by atoms with Crippen molar-refractivity contribution in [3.63, 3.8) is 0 Å². The van der Waals surface area contributed by atoms with Crippen molar-refractivity contribution in [3.8, 4) is 5.75 Å². The first-order valence-corrected chi connectivity index (χ1v) is 7.84. The number of halogens is 1. The van der Waals surface area contributed by atoms with Gasteiger partial charge in [-0.15, -0.1) is 0 Å². The van der Waals surface area contributed by atoms with Gasteiger partial charge in [-0.2, -0.15) is 0 Å². The lowest BCUT2D eigenvalue weighted by atomic mass is 10.1. The van der Waals surface area contributed by atoms with E-state index in [4.69, 9.17) is 9.47 Å². The Hall–Kier alpha value is -2.20. The molecule has 0 N–H and O–H groups in total. The number of carbonyl (C=O) groups is 2. The van der Waals surface area contributed by atoms with Gasteiger partial charge in [0.15, 0.2) is 5.75 Å². The lowest BCUT2D eigenvalue weighted by molar-refractivity contribution is -0.385. The molecule has 9 nitrogen and oxygen atoms in total. The molecule has 0 aliphatic carbocycles.